The van der Waals surface area contributed by atoms with Gasteiger partial charge >= 0.3 is 5.97 Å². The Hall–Kier alpha value is -1.03. The van der Waals surface area contributed by atoms with E-state index >= 15 is 0 Å². The molecule has 0 aliphatic carbocycles. The van der Waals surface area contributed by atoms with Crippen molar-refractivity contribution in [3.8, 4) is 0 Å². The number of hydrogen-bond acceptors (Lipinski definition) is 4. The van der Waals surface area contributed by atoms with Gasteiger partial charge in [0.05, 0.1) is 19.8 Å². The van der Waals surface area contributed by atoms with Gasteiger partial charge in [0.2, 0.25) is 0 Å². The van der Waals surface area contributed by atoms with E-state index in [0.29, 0.717) is 31.9 Å². The largest absolute Gasteiger partial charge is 0.497 e. The first kappa shape index (κ1) is 11.0. The van der Waals surface area contributed by atoms with Gasteiger partial charge < -0.3 is 15.2 Å². The summed E-state index contributed by atoms with van der Waals surface area (Å²) in [5.41, 5.74) is 5.23. The van der Waals surface area contributed by atoms with E-state index in [1.54, 1.807) is 0 Å². The molecule has 0 heterocycles. The van der Waals surface area contributed by atoms with Gasteiger partial charge in [-0.05, 0) is 0 Å². The van der Waals surface area contributed by atoms with Crippen LogP contribution < -0.4 is 5.73 Å². The van der Waals surface area contributed by atoms with E-state index < -0.39 is 0 Å². The summed E-state index contributed by atoms with van der Waals surface area (Å²) in [7, 11) is 0. The molecule has 0 unspecified atom stereocenters. The second-order valence-electron chi connectivity index (χ2n) is 2.28. The van der Waals surface area contributed by atoms with Gasteiger partial charge in [-0.2, -0.15) is 0 Å². The Labute approximate surface area is 72.3 Å². The highest BCUT2D eigenvalue weighted by Gasteiger charge is 1.94. The Morgan fingerprint density at radius 3 is 2.50 bits per heavy atom. The Morgan fingerprint density at radius 2 is 2.00 bits per heavy atom. The van der Waals surface area contributed by atoms with Crippen LogP contribution in [0.3, 0.4) is 0 Å². The molecule has 0 aliphatic rings. The number of nitrogens with two attached hydrogens (primary N) is 1. The van der Waals surface area contributed by atoms with Gasteiger partial charge in [-0.1, -0.05) is 6.58 Å². The van der Waals surface area contributed by atoms with Crippen LogP contribution in [0, 0.1) is 0 Å². The SMILES string of the molecule is C=C(CN)OCCCOC(C)=O. The molecular weight excluding hydrogens is 158 g/mol. The first-order valence-electron chi connectivity index (χ1n) is 3.81. The van der Waals surface area contributed by atoms with E-state index in [4.69, 9.17) is 10.5 Å². The Morgan fingerprint density at radius 1 is 1.42 bits per heavy atom. The highest BCUT2D eigenvalue weighted by Crippen LogP contribution is 1.92. The Kier molecular flexibility index (Phi) is 6.09. The van der Waals surface area contributed by atoms with Crippen LogP contribution in [0.5, 0.6) is 0 Å². The van der Waals surface area contributed by atoms with Gasteiger partial charge in [-0.25, -0.2) is 0 Å². The van der Waals surface area contributed by atoms with Crippen LogP contribution in [0.4, 0.5) is 0 Å². The fourth-order valence-electron chi connectivity index (χ4n) is 0.550. The summed E-state index contributed by atoms with van der Waals surface area (Å²) in [6.45, 7) is 6.12. The fraction of sp³-hybridized carbons (Fsp3) is 0.625. The molecule has 0 atom stereocenters. The average molecular weight is 173 g/mol. The summed E-state index contributed by atoms with van der Waals surface area (Å²) in [5, 5.41) is 0. The van der Waals surface area contributed by atoms with Crippen molar-refractivity contribution < 1.29 is 14.3 Å². The smallest absolute Gasteiger partial charge is 0.302 e. The predicted octanol–water partition coefficient (Wildman–Crippen LogP) is 0.429. The second kappa shape index (κ2) is 6.67. The van der Waals surface area contributed by atoms with Gasteiger partial charge in [-0.15, -0.1) is 0 Å². The van der Waals surface area contributed by atoms with Gasteiger partial charge in [0.25, 0.3) is 0 Å². The third kappa shape index (κ3) is 7.08. The normalized spacial score (nSPS) is 9.17. The van der Waals surface area contributed by atoms with Crippen molar-refractivity contribution in [1.29, 1.82) is 0 Å². The lowest BCUT2D eigenvalue weighted by Crippen LogP contribution is -2.08. The minimum atomic E-state index is -0.271. The second-order valence-corrected chi connectivity index (χ2v) is 2.28. The van der Waals surface area contributed by atoms with Gasteiger partial charge in [0, 0.05) is 13.3 Å². The topological polar surface area (TPSA) is 61.6 Å². The van der Waals surface area contributed by atoms with Crippen LogP contribution in [-0.2, 0) is 14.3 Å². The third-order valence-corrected chi connectivity index (χ3v) is 1.13. The molecule has 0 aromatic carbocycles. The maximum absolute atomic E-state index is 10.3. The van der Waals surface area contributed by atoms with Gasteiger partial charge in [0.15, 0.2) is 0 Å². The zero-order valence-corrected chi connectivity index (χ0v) is 7.34. The number of carbonyl (C=O) groups is 1. The van der Waals surface area contributed by atoms with Crippen molar-refractivity contribution >= 4 is 5.97 Å². The predicted molar refractivity (Wildman–Crippen MR) is 45.4 cm³/mol. The maximum atomic E-state index is 10.3. The molecule has 4 nitrogen and oxygen atoms in total. The molecule has 0 saturated heterocycles. The fourth-order valence-corrected chi connectivity index (χ4v) is 0.550. The van der Waals surface area contributed by atoms with Crippen molar-refractivity contribution in [3.05, 3.63) is 12.3 Å². The molecule has 0 amide bonds. The van der Waals surface area contributed by atoms with Crippen LogP contribution >= 0.6 is 0 Å². The van der Waals surface area contributed by atoms with E-state index in [0.717, 1.165) is 0 Å². The number of carbonyl (C=O) groups excluding carboxylic acids is 1. The van der Waals surface area contributed by atoms with E-state index in [2.05, 4.69) is 11.3 Å². The monoisotopic (exact) mass is 173 g/mol. The molecule has 0 rings (SSSR count). The molecule has 0 saturated carbocycles. The lowest BCUT2D eigenvalue weighted by Gasteiger charge is -2.06. The third-order valence-electron chi connectivity index (χ3n) is 1.13. The molecular formula is C8H15NO3. The molecule has 2 N–H and O–H groups in total. The minimum Gasteiger partial charge on any atom is -0.497 e. The van der Waals surface area contributed by atoms with Gasteiger partial charge in [-0.3, -0.25) is 4.79 Å². The van der Waals surface area contributed by atoms with E-state index in [1.807, 2.05) is 0 Å². The molecule has 0 spiro atoms. The number of rotatable bonds is 6. The van der Waals surface area contributed by atoms with Crippen LogP contribution in [-0.4, -0.2) is 25.7 Å². The zero-order chi connectivity index (χ0) is 9.40. The van der Waals surface area contributed by atoms with Crippen LogP contribution in [0.2, 0.25) is 0 Å². The first-order chi connectivity index (χ1) is 5.66. The summed E-state index contributed by atoms with van der Waals surface area (Å²) >= 11 is 0. The highest BCUT2D eigenvalue weighted by atomic mass is 16.5. The van der Waals surface area contributed by atoms with Crippen molar-refractivity contribution in [1.82, 2.24) is 0 Å². The lowest BCUT2D eigenvalue weighted by molar-refractivity contribution is -0.141. The Balaban J connectivity index is 3.11. The summed E-state index contributed by atoms with van der Waals surface area (Å²) in [4.78, 5) is 10.3. The minimum absolute atomic E-state index is 0.271. The van der Waals surface area contributed by atoms with Gasteiger partial charge in [0.1, 0.15) is 5.76 Å². The quantitative estimate of drug-likeness (QED) is 0.359. The van der Waals surface area contributed by atoms with E-state index in [-0.39, 0.29) is 5.97 Å². The summed E-state index contributed by atoms with van der Waals surface area (Å²) in [5.74, 6) is 0.283. The standard InChI is InChI=1S/C8H15NO3/c1-7(6-9)11-4-3-5-12-8(2)10/h1,3-6,9H2,2H3. The number of ether oxygens (including phenoxy) is 2. The summed E-state index contributed by atoms with van der Waals surface area (Å²) < 4.78 is 9.74. The highest BCUT2D eigenvalue weighted by molar-refractivity contribution is 5.65. The van der Waals surface area contributed by atoms with Crippen molar-refractivity contribution in [2.75, 3.05) is 19.8 Å². The number of hydrogen-bond donors (Lipinski definition) is 1. The lowest BCUT2D eigenvalue weighted by atomic mass is 10.5. The van der Waals surface area contributed by atoms with Crippen LogP contribution in [0.15, 0.2) is 12.3 Å². The zero-order valence-electron chi connectivity index (χ0n) is 7.34. The van der Waals surface area contributed by atoms with Crippen LogP contribution in [0.25, 0.3) is 0 Å². The van der Waals surface area contributed by atoms with E-state index in [1.165, 1.54) is 6.92 Å². The molecule has 12 heavy (non-hydrogen) atoms. The average Bonchev–Trinajstić information content (AvgIpc) is 2.03. The molecule has 0 aromatic heterocycles. The van der Waals surface area contributed by atoms with Crippen molar-refractivity contribution in [2.45, 2.75) is 13.3 Å². The molecule has 4 heteroatoms. The molecule has 70 valence electrons. The van der Waals surface area contributed by atoms with E-state index in [9.17, 15) is 4.79 Å². The summed E-state index contributed by atoms with van der Waals surface area (Å²) in [6.07, 6.45) is 0.665. The molecule has 0 fully saturated rings. The molecule has 0 radical (unpaired) electrons. The molecule has 0 aromatic rings. The first-order valence-corrected chi connectivity index (χ1v) is 3.81. The number of esters is 1. The molecule has 0 aliphatic heterocycles. The maximum Gasteiger partial charge on any atom is 0.302 e. The van der Waals surface area contributed by atoms with Crippen LogP contribution in [0.1, 0.15) is 13.3 Å². The Bertz CT molecular complexity index is 156. The molecule has 0 bridgehead atoms. The van der Waals surface area contributed by atoms with Crippen molar-refractivity contribution in [3.63, 3.8) is 0 Å². The summed E-state index contributed by atoms with van der Waals surface area (Å²) in [6, 6.07) is 0. The van der Waals surface area contributed by atoms with Crippen molar-refractivity contribution in [2.24, 2.45) is 5.73 Å².